The Morgan fingerprint density at radius 3 is 2.78 bits per heavy atom. The maximum atomic E-state index is 12.2. The standard InChI is InChI=1S/C18H18N2O3/c21-12-18(23)14-5-4-13-8-17(22)11-20(9-15(13)7-14)10-16-3-1-2-6-19-16/h1-7,21H,8-12H2. The molecule has 0 radical (unpaired) electrons. The fourth-order valence-corrected chi connectivity index (χ4v) is 2.86. The Hall–Kier alpha value is -2.37. The zero-order chi connectivity index (χ0) is 16.2. The van der Waals surface area contributed by atoms with E-state index in [1.807, 2.05) is 29.2 Å². The third kappa shape index (κ3) is 3.70. The molecule has 1 N–H and O–H groups in total. The minimum Gasteiger partial charge on any atom is -0.388 e. The molecule has 0 amide bonds. The maximum absolute atomic E-state index is 12.2. The number of aliphatic hydroxyl groups excluding tert-OH is 1. The lowest BCUT2D eigenvalue weighted by Crippen LogP contribution is -2.27. The summed E-state index contributed by atoms with van der Waals surface area (Å²) in [7, 11) is 0. The quantitative estimate of drug-likeness (QED) is 0.864. The van der Waals surface area contributed by atoms with Gasteiger partial charge in [-0.15, -0.1) is 0 Å². The van der Waals surface area contributed by atoms with Crippen LogP contribution in [-0.4, -0.2) is 39.7 Å². The monoisotopic (exact) mass is 310 g/mol. The Bertz CT molecular complexity index is 728. The molecule has 0 unspecified atom stereocenters. The van der Waals surface area contributed by atoms with Crippen LogP contribution in [0.5, 0.6) is 0 Å². The molecule has 3 rings (SSSR count). The van der Waals surface area contributed by atoms with Crippen molar-refractivity contribution in [3.05, 3.63) is 65.0 Å². The van der Waals surface area contributed by atoms with Gasteiger partial charge in [-0.3, -0.25) is 19.5 Å². The predicted octanol–water partition coefficient (Wildman–Crippen LogP) is 1.38. The molecular formula is C18H18N2O3. The largest absolute Gasteiger partial charge is 0.388 e. The highest BCUT2D eigenvalue weighted by molar-refractivity contribution is 5.97. The van der Waals surface area contributed by atoms with Crippen LogP contribution in [0, 0.1) is 0 Å². The molecule has 0 fully saturated rings. The van der Waals surface area contributed by atoms with Crippen LogP contribution in [0.1, 0.15) is 27.2 Å². The summed E-state index contributed by atoms with van der Waals surface area (Å²) in [6.07, 6.45) is 2.11. The van der Waals surface area contributed by atoms with E-state index in [2.05, 4.69) is 4.98 Å². The average molecular weight is 310 g/mol. The number of Topliss-reactive ketones (excluding diaryl/α,β-unsaturated/α-hetero) is 2. The zero-order valence-corrected chi connectivity index (χ0v) is 12.7. The third-order valence-electron chi connectivity index (χ3n) is 3.97. The Morgan fingerprint density at radius 2 is 2.04 bits per heavy atom. The summed E-state index contributed by atoms with van der Waals surface area (Å²) in [5, 5.41) is 9.01. The van der Waals surface area contributed by atoms with E-state index in [9.17, 15) is 9.59 Å². The number of carbonyl (C=O) groups is 2. The first-order valence-electron chi connectivity index (χ1n) is 7.55. The van der Waals surface area contributed by atoms with Crippen molar-refractivity contribution in [2.24, 2.45) is 0 Å². The van der Waals surface area contributed by atoms with Crippen LogP contribution in [-0.2, 0) is 24.3 Å². The molecule has 0 atom stereocenters. The van der Waals surface area contributed by atoms with E-state index < -0.39 is 6.61 Å². The molecule has 1 aromatic heterocycles. The molecule has 23 heavy (non-hydrogen) atoms. The summed E-state index contributed by atoms with van der Waals surface area (Å²) in [5.41, 5.74) is 3.31. The number of benzene rings is 1. The molecular weight excluding hydrogens is 292 g/mol. The van der Waals surface area contributed by atoms with Gasteiger partial charge in [0.05, 0.1) is 12.2 Å². The smallest absolute Gasteiger partial charge is 0.188 e. The number of hydrogen-bond donors (Lipinski definition) is 1. The Kier molecular flexibility index (Phi) is 4.60. The van der Waals surface area contributed by atoms with Gasteiger partial charge in [0.1, 0.15) is 6.61 Å². The van der Waals surface area contributed by atoms with Crippen molar-refractivity contribution in [1.29, 1.82) is 0 Å². The fourth-order valence-electron chi connectivity index (χ4n) is 2.86. The van der Waals surface area contributed by atoms with Gasteiger partial charge in [-0.05, 0) is 29.3 Å². The second-order valence-electron chi connectivity index (χ2n) is 5.75. The fraction of sp³-hybridized carbons (Fsp3) is 0.278. The minimum atomic E-state index is -0.505. The number of hydrogen-bond acceptors (Lipinski definition) is 5. The molecule has 118 valence electrons. The van der Waals surface area contributed by atoms with Crippen molar-refractivity contribution >= 4 is 11.6 Å². The summed E-state index contributed by atoms with van der Waals surface area (Å²) >= 11 is 0. The first kappa shape index (κ1) is 15.5. The second-order valence-corrected chi connectivity index (χ2v) is 5.75. The topological polar surface area (TPSA) is 70.5 Å². The maximum Gasteiger partial charge on any atom is 0.188 e. The second kappa shape index (κ2) is 6.81. The van der Waals surface area contributed by atoms with Crippen molar-refractivity contribution in [3.8, 4) is 0 Å². The van der Waals surface area contributed by atoms with Crippen LogP contribution in [0.25, 0.3) is 0 Å². The van der Waals surface area contributed by atoms with Crippen LogP contribution >= 0.6 is 0 Å². The van der Waals surface area contributed by atoms with E-state index in [-0.39, 0.29) is 11.6 Å². The number of aliphatic hydroxyl groups is 1. The van der Waals surface area contributed by atoms with Crippen molar-refractivity contribution in [1.82, 2.24) is 9.88 Å². The van der Waals surface area contributed by atoms with E-state index in [1.165, 1.54) is 0 Å². The van der Waals surface area contributed by atoms with Gasteiger partial charge >= 0.3 is 0 Å². The number of ketones is 2. The lowest BCUT2D eigenvalue weighted by atomic mass is 9.99. The van der Waals surface area contributed by atoms with Crippen molar-refractivity contribution in [2.45, 2.75) is 19.5 Å². The predicted molar refractivity (Wildman–Crippen MR) is 84.9 cm³/mol. The van der Waals surface area contributed by atoms with Crippen LogP contribution in [0.15, 0.2) is 42.6 Å². The summed E-state index contributed by atoms with van der Waals surface area (Å²) < 4.78 is 0. The summed E-state index contributed by atoms with van der Waals surface area (Å²) in [6, 6.07) is 11.0. The van der Waals surface area contributed by atoms with E-state index in [1.54, 1.807) is 18.3 Å². The van der Waals surface area contributed by atoms with Gasteiger partial charge in [-0.25, -0.2) is 0 Å². The molecule has 1 aromatic carbocycles. The molecule has 2 heterocycles. The summed E-state index contributed by atoms with van der Waals surface area (Å²) in [4.78, 5) is 30.2. The molecule has 1 aliphatic rings. The van der Waals surface area contributed by atoms with E-state index in [0.717, 1.165) is 16.8 Å². The van der Waals surface area contributed by atoms with Crippen LogP contribution < -0.4 is 0 Å². The number of pyridine rings is 1. The van der Waals surface area contributed by atoms with E-state index in [0.29, 0.717) is 31.6 Å². The Morgan fingerprint density at radius 1 is 1.17 bits per heavy atom. The van der Waals surface area contributed by atoms with Crippen molar-refractivity contribution in [3.63, 3.8) is 0 Å². The Labute approximate surface area is 134 Å². The normalized spacial score (nSPS) is 15.1. The molecule has 0 saturated heterocycles. The lowest BCUT2D eigenvalue weighted by molar-refractivity contribution is -0.119. The number of nitrogens with zero attached hydrogens (tertiary/aromatic N) is 2. The van der Waals surface area contributed by atoms with Crippen LogP contribution in [0.4, 0.5) is 0 Å². The van der Waals surface area contributed by atoms with Gasteiger partial charge in [-0.1, -0.05) is 18.2 Å². The average Bonchev–Trinajstić information content (AvgIpc) is 2.71. The first-order chi connectivity index (χ1) is 11.2. The number of fused-ring (bicyclic) bond motifs is 1. The van der Waals surface area contributed by atoms with Crippen LogP contribution in [0.3, 0.4) is 0 Å². The molecule has 5 nitrogen and oxygen atoms in total. The summed E-state index contributed by atoms with van der Waals surface area (Å²) in [6.45, 7) is 1.04. The molecule has 0 aliphatic carbocycles. The van der Waals surface area contributed by atoms with Crippen LogP contribution in [0.2, 0.25) is 0 Å². The molecule has 5 heteroatoms. The van der Waals surface area contributed by atoms with Gasteiger partial charge < -0.3 is 5.11 Å². The molecule has 1 aliphatic heterocycles. The molecule has 0 spiro atoms. The van der Waals surface area contributed by atoms with Crippen molar-refractivity contribution in [2.75, 3.05) is 13.2 Å². The number of carbonyl (C=O) groups excluding carboxylic acids is 2. The highest BCUT2D eigenvalue weighted by atomic mass is 16.3. The Balaban J connectivity index is 1.86. The summed E-state index contributed by atoms with van der Waals surface area (Å²) in [5.74, 6) is -0.152. The molecule has 2 aromatic rings. The third-order valence-corrected chi connectivity index (χ3v) is 3.97. The van der Waals surface area contributed by atoms with E-state index in [4.69, 9.17) is 5.11 Å². The molecule has 0 saturated carbocycles. The SMILES string of the molecule is O=C1Cc2ccc(C(=O)CO)cc2CN(Cc2ccccn2)C1. The van der Waals surface area contributed by atoms with Gasteiger partial charge in [-0.2, -0.15) is 0 Å². The number of aromatic nitrogens is 1. The minimum absolute atomic E-state index is 0.154. The van der Waals surface area contributed by atoms with Gasteiger partial charge in [0.2, 0.25) is 0 Å². The first-order valence-corrected chi connectivity index (χ1v) is 7.55. The van der Waals surface area contributed by atoms with E-state index >= 15 is 0 Å². The lowest BCUT2D eigenvalue weighted by Gasteiger charge is -2.19. The molecule has 0 bridgehead atoms. The van der Waals surface area contributed by atoms with Gasteiger partial charge in [0.15, 0.2) is 11.6 Å². The highest BCUT2D eigenvalue weighted by Gasteiger charge is 2.21. The zero-order valence-electron chi connectivity index (χ0n) is 12.7. The van der Waals surface area contributed by atoms with Gasteiger partial charge in [0, 0.05) is 31.3 Å². The highest BCUT2D eigenvalue weighted by Crippen LogP contribution is 2.20. The number of rotatable bonds is 4. The van der Waals surface area contributed by atoms with Gasteiger partial charge in [0.25, 0.3) is 0 Å². The van der Waals surface area contributed by atoms with Crippen molar-refractivity contribution < 1.29 is 14.7 Å².